The standard InChI is InChI=1S/C15H19N3O3S/c1-3-9-16-15(22)18-17-13(4-2)11-5-7-12(8-6-11)21-10-14(19)20/h3,5-8H,1,4,9-10H2,2H3,(H,19,20)(H2,16,18,22)/p-1/b17-13-. The van der Waals surface area contributed by atoms with E-state index >= 15 is 0 Å². The van der Waals surface area contributed by atoms with E-state index in [1.165, 1.54) is 0 Å². The van der Waals surface area contributed by atoms with Gasteiger partial charge in [-0.3, -0.25) is 5.43 Å². The monoisotopic (exact) mass is 320 g/mol. The molecule has 2 N–H and O–H groups in total. The van der Waals surface area contributed by atoms with Crippen LogP contribution in [0, 0.1) is 0 Å². The summed E-state index contributed by atoms with van der Waals surface area (Å²) in [6, 6.07) is 6.96. The van der Waals surface area contributed by atoms with Crippen LogP contribution in [-0.4, -0.2) is 29.9 Å². The van der Waals surface area contributed by atoms with E-state index in [4.69, 9.17) is 17.0 Å². The SMILES string of the molecule is C=CCNC(=S)N/N=C(/CC)c1ccc(OCC(=O)[O-])cc1. The van der Waals surface area contributed by atoms with Crippen molar-refractivity contribution in [3.8, 4) is 5.75 Å². The molecule has 0 spiro atoms. The Balaban J connectivity index is 2.67. The molecular weight excluding hydrogens is 302 g/mol. The summed E-state index contributed by atoms with van der Waals surface area (Å²) in [5.41, 5.74) is 4.47. The Bertz CT molecular complexity index is 556. The van der Waals surface area contributed by atoms with Gasteiger partial charge >= 0.3 is 0 Å². The second-order valence-corrected chi connectivity index (χ2v) is 4.62. The van der Waals surface area contributed by atoms with Gasteiger partial charge < -0.3 is 20.0 Å². The van der Waals surface area contributed by atoms with E-state index < -0.39 is 12.6 Å². The molecular formula is C15H18N3O3S-. The number of hydrogen-bond donors (Lipinski definition) is 2. The molecule has 1 aromatic carbocycles. The van der Waals surface area contributed by atoms with Crippen LogP contribution in [0.1, 0.15) is 18.9 Å². The highest BCUT2D eigenvalue weighted by Gasteiger charge is 2.03. The van der Waals surface area contributed by atoms with Crippen LogP contribution < -0.4 is 20.6 Å². The molecule has 0 aliphatic heterocycles. The number of carbonyl (C=O) groups is 1. The molecule has 0 aliphatic carbocycles. The minimum absolute atomic E-state index is 0.416. The highest BCUT2D eigenvalue weighted by atomic mass is 32.1. The van der Waals surface area contributed by atoms with E-state index in [1.807, 2.05) is 6.92 Å². The quantitative estimate of drug-likeness (QED) is 0.315. The van der Waals surface area contributed by atoms with Gasteiger partial charge in [0.05, 0.1) is 11.7 Å². The molecule has 0 bridgehead atoms. The zero-order chi connectivity index (χ0) is 16.4. The molecule has 0 radical (unpaired) electrons. The Morgan fingerprint density at radius 1 is 1.45 bits per heavy atom. The fraction of sp³-hybridized carbons (Fsp3) is 0.267. The first-order valence-electron chi connectivity index (χ1n) is 6.71. The normalized spacial score (nSPS) is 10.7. The van der Waals surface area contributed by atoms with Gasteiger partial charge in [0.25, 0.3) is 0 Å². The van der Waals surface area contributed by atoms with Crippen molar-refractivity contribution < 1.29 is 14.6 Å². The van der Waals surface area contributed by atoms with E-state index in [2.05, 4.69) is 22.4 Å². The summed E-state index contributed by atoms with van der Waals surface area (Å²) in [6.07, 6.45) is 2.40. The zero-order valence-corrected chi connectivity index (χ0v) is 13.1. The Morgan fingerprint density at radius 3 is 2.68 bits per heavy atom. The van der Waals surface area contributed by atoms with Crippen molar-refractivity contribution in [2.45, 2.75) is 13.3 Å². The second-order valence-electron chi connectivity index (χ2n) is 4.21. The maximum atomic E-state index is 10.3. The number of carboxylic acid groups (broad SMARTS) is 1. The van der Waals surface area contributed by atoms with Crippen molar-refractivity contribution >= 4 is 29.0 Å². The topological polar surface area (TPSA) is 85.8 Å². The van der Waals surface area contributed by atoms with Gasteiger partial charge in [-0.1, -0.05) is 13.0 Å². The lowest BCUT2D eigenvalue weighted by molar-refractivity contribution is -0.307. The van der Waals surface area contributed by atoms with Gasteiger partial charge in [-0.05, 0) is 48.5 Å². The molecule has 7 heteroatoms. The Hall–Kier alpha value is -2.41. The number of nitrogens with zero attached hydrogens (tertiary/aromatic N) is 1. The van der Waals surface area contributed by atoms with E-state index in [1.54, 1.807) is 30.3 Å². The molecule has 0 unspecified atom stereocenters. The van der Waals surface area contributed by atoms with Crippen molar-refractivity contribution in [1.29, 1.82) is 0 Å². The first kappa shape index (κ1) is 17.6. The van der Waals surface area contributed by atoms with Crippen LogP contribution in [0.2, 0.25) is 0 Å². The highest BCUT2D eigenvalue weighted by molar-refractivity contribution is 7.80. The van der Waals surface area contributed by atoms with Crippen molar-refractivity contribution in [1.82, 2.24) is 10.7 Å². The van der Waals surface area contributed by atoms with Crippen molar-refractivity contribution in [2.75, 3.05) is 13.2 Å². The molecule has 0 fully saturated rings. The molecule has 6 nitrogen and oxygen atoms in total. The van der Waals surface area contributed by atoms with Crippen molar-refractivity contribution in [3.05, 3.63) is 42.5 Å². The van der Waals surface area contributed by atoms with Crippen LogP contribution in [0.4, 0.5) is 0 Å². The highest BCUT2D eigenvalue weighted by Crippen LogP contribution is 2.13. The van der Waals surface area contributed by atoms with E-state index in [0.29, 0.717) is 23.8 Å². The zero-order valence-electron chi connectivity index (χ0n) is 12.3. The number of ether oxygens (including phenoxy) is 1. The van der Waals surface area contributed by atoms with Gasteiger partial charge in [0.1, 0.15) is 12.4 Å². The van der Waals surface area contributed by atoms with E-state index in [9.17, 15) is 9.90 Å². The average molecular weight is 320 g/mol. The summed E-state index contributed by atoms with van der Waals surface area (Å²) in [6.45, 7) is 5.65. The van der Waals surface area contributed by atoms with Gasteiger partial charge in [0, 0.05) is 6.54 Å². The summed E-state index contributed by atoms with van der Waals surface area (Å²) >= 11 is 5.06. The van der Waals surface area contributed by atoms with Gasteiger partial charge in [-0.2, -0.15) is 5.10 Å². The van der Waals surface area contributed by atoms with Gasteiger partial charge in [-0.25, -0.2) is 0 Å². The number of rotatable bonds is 8. The Labute approximate surface area is 134 Å². The first-order valence-corrected chi connectivity index (χ1v) is 7.12. The largest absolute Gasteiger partial charge is 0.546 e. The molecule has 0 saturated carbocycles. The van der Waals surface area contributed by atoms with Crippen molar-refractivity contribution in [3.63, 3.8) is 0 Å². The minimum Gasteiger partial charge on any atom is -0.546 e. The molecule has 0 aliphatic rings. The average Bonchev–Trinajstić information content (AvgIpc) is 2.52. The predicted molar refractivity (Wildman–Crippen MR) is 87.7 cm³/mol. The summed E-state index contributed by atoms with van der Waals surface area (Å²) in [5, 5.41) is 17.9. The van der Waals surface area contributed by atoms with Crippen LogP contribution >= 0.6 is 12.2 Å². The van der Waals surface area contributed by atoms with E-state index in [-0.39, 0.29) is 0 Å². The minimum atomic E-state index is -1.26. The maximum Gasteiger partial charge on any atom is 0.187 e. The number of nitrogens with one attached hydrogen (secondary N) is 2. The fourth-order valence-electron chi connectivity index (χ4n) is 1.56. The lowest BCUT2D eigenvalue weighted by Gasteiger charge is -2.09. The van der Waals surface area contributed by atoms with Crippen LogP contribution in [-0.2, 0) is 4.79 Å². The Morgan fingerprint density at radius 2 is 2.14 bits per heavy atom. The summed E-state index contributed by atoms with van der Waals surface area (Å²) in [5.74, 6) is -0.802. The summed E-state index contributed by atoms with van der Waals surface area (Å²) in [4.78, 5) is 10.3. The van der Waals surface area contributed by atoms with Crippen LogP contribution in [0.25, 0.3) is 0 Å². The number of benzene rings is 1. The fourth-order valence-corrected chi connectivity index (χ4v) is 1.69. The van der Waals surface area contributed by atoms with Crippen molar-refractivity contribution in [2.24, 2.45) is 5.10 Å². The number of aliphatic carboxylic acids is 1. The predicted octanol–water partition coefficient (Wildman–Crippen LogP) is 0.579. The number of thiocarbonyl (C=S) groups is 1. The van der Waals surface area contributed by atoms with Gasteiger partial charge in [0.15, 0.2) is 5.11 Å². The molecule has 0 atom stereocenters. The molecule has 118 valence electrons. The number of hydrogen-bond acceptors (Lipinski definition) is 5. The molecule has 22 heavy (non-hydrogen) atoms. The smallest absolute Gasteiger partial charge is 0.187 e. The molecule has 1 aromatic rings. The van der Waals surface area contributed by atoms with E-state index in [0.717, 1.165) is 11.3 Å². The first-order chi connectivity index (χ1) is 10.6. The van der Waals surface area contributed by atoms with Crippen LogP contribution in [0.15, 0.2) is 42.0 Å². The second kappa shape index (κ2) is 9.51. The lowest BCUT2D eigenvalue weighted by atomic mass is 10.1. The lowest BCUT2D eigenvalue weighted by Crippen LogP contribution is -2.32. The molecule has 0 heterocycles. The molecule has 0 saturated heterocycles. The van der Waals surface area contributed by atoms with Gasteiger partial charge in [0.2, 0.25) is 0 Å². The third-order valence-corrected chi connectivity index (χ3v) is 2.81. The third kappa shape index (κ3) is 6.36. The van der Waals surface area contributed by atoms with Crippen LogP contribution in [0.5, 0.6) is 5.75 Å². The number of hydrazone groups is 1. The number of carbonyl (C=O) groups excluding carboxylic acids is 1. The summed E-state index contributed by atoms with van der Waals surface area (Å²) in [7, 11) is 0. The molecule has 0 aromatic heterocycles. The molecule has 0 amide bonds. The summed E-state index contributed by atoms with van der Waals surface area (Å²) < 4.78 is 5.02. The third-order valence-electron chi connectivity index (χ3n) is 2.58. The van der Waals surface area contributed by atoms with Crippen LogP contribution in [0.3, 0.4) is 0 Å². The Kier molecular flexibility index (Phi) is 7.63. The number of carboxylic acids is 1. The maximum absolute atomic E-state index is 10.3. The van der Waals surface area contributed by atoms with Gasteiger partial charge in [-0.15, -0.1) is 6.58 Å². The molecule has 1 rings (SSSR count).